The third kappa shape index (κ3) is 7.54. The summed E-state index contributed by atoms with van der Waals surface area (Å²) in [5.41, 5.74) is 4.36. The lowest BCUT2D eigenvalue weighted by Crippen LogP contribution is -2.30. The second-order valence-corrected chi connectivity index (χ2v) is 11.7. The summed E-state index contributed by atoms with van der Waals surface area (Å²) in [4.78, 5) is 43.3. The van der Waals surface area contributed by atoms with E-state index >= 15 is 0 Å². The van der Waals surface area contributed by atoms with Gasteiger partial charge < -0.3 is 20.9 Å². The molecular formula is C34H29ClN4O3S. The van der Waals surface area contributed by atoms with Gasteiger partial charge in [0.05, 0.1) is 5.25 Å². The van der Waals surface area contributed by atoms with Gasteiger partial charge in [-0.25, -0.2) is 0 Å². The Balaban J connectivity index is 1.29. The van der Waals surface area contributed by atoms with Crippen LogP contribution in [-0.4, -0.2) is 28.0 Å². The van der Waals surface area contributed by atoms with Crippen LogP contribution in [0.2, 0.25) is 5.02 Å². The molecule has 0 spiro atoms. The lowest BCUT2D eigenvalue weighted by atomic mass is 10.1. The Labute approximate surface area is 258 Å². The van der Waals surface area contributed by atoms with Crippen LogP contribution in [0.4, 0.5) is 11.4 Å². The van der Waals surface area contributed by atoms with Gasteiger partial charge in [0, 0.05) is 49.5 Å². The van der Waals surface area contributed by atoms with Crippen molar-refractivity contribution in [2.45, 2.75) is 24.0 Å². The highest BCUT2D eigenvalue weighted by molar-refractivity contribution is 8.00. The first kappa shape index (κ1) is 29.7. The van der Waals surface area contributed by atoms with Gasteiger partial charge in [-0.3, -0.25) is 14.4 Å². The van der Waals surface area contributed by atoms with Crippen LogP contribution in [0.1, 0.15) is 28.4 Å². The summed E-state index contributed by atoms with van der Waals surface area (Å²) >= 11 is 7.47. The van der Waals surface area contributed by atoms with Crippen LogP contribution in [0, 0.1) is 6.92 Å². The molecule has 3 amide bonds. The van der Waals surface area contributed by atoms with Crippen molar-refractivity contribution < 1.29 is 14.4 Å². The van der Waals surface area contributed by atoms with Gasteiger partial charge in [0.2, 0.25) is 5.91 Å². The molecule has 0 unspecified atom stereocenters. The van der Waals surface area contributed by atoms with Crippen LogP contribution in [0.3, 0.4) is 0 Å². The van der Waals surface area contributed by atoms with E-state index in [9.17, 15) is 14.4 Å². The van der Waals surface area contributed by atoms with Crippen molar-refractivity contribution in [2.24, 2.45) is 0 Å². The average molecular weight is 609 g/mol. The predicted molar refractivity (Wildman–Crippen MR) is 175 cm³/mol. The zero-order valence-corrected chi connectivity index (χ0v) is 25.1. The van der Waals surface area contributed by atoms with E-state index in [0.717, 1.165) is 26.9 Å². The number of amides is 3. The summed E-state index contributed by atoms with van der Waals surface area (Å²) in [6, 6.07) is 29.0. The highest BCUT2D eigenvalue weighted by Gasteiger charge is 2.18. The minimum Gasteiger partial charge on any atom is -0.361 e. The Bertz CT molecular complexity index is 1820. The minimum atomic E-state index is -0.473. The number of carbonyl (C=O) groups is 3. The number of hydrogen-bond acceptors (Lipinski definition) is 4. The largest absolute Gasteiger partial charge is 0.361 e. The number of nitrogens with one attached hydrogen (secondary N) is 4. The fourth-order valence-electron chi connectivity index (χ4n) is 4.35. The number of carbonyl (C=O) groups excluding carboxylic acids is 3. The number of aryl methyl sites for hydroxylation is 1. The summed E-state index contributed by atoms with van der Waals surface area (Å²) < 4.78 is 0. The fourth-order valence-corrected chi connectivity index (χ4v) is 5.39. The summed E-state index contributed by atoms with van der Waals surface area (Å²) in [5, 5.41) is 9.68. The minimum absolute atomic E-state index is 0.0960. The van der Waals surface area contributed by atoms with Crippen molar-refractivity contribution in [3.63, 3.8) is 0 Å². The molecule has 5 aromatic rings. The smallest absolute Gasteiger partial charge is 0.272 e. The maximum atomic E-state index is 13.4. The first-order valence-corrected chi connectivity index (χ1v) is 14.8. The molecule has 43 heavy (non-hydrogen) atoms. The first-order valence-electron chi connectivity index (χ1n) is 13.6. The molecule has 0 radical (unpaired) electrons. The predicted octanol–water partition coefficient (Wildman–Crippen LogP) is 7.66. The molecule has 1 aromatic heterocycles. The number of benzene rings is 4. The van der Waals surface area contributed by atoms with Crippen molar-refractivity contribution in [1.29, 1.82) is 0 Å². The Hall–Kier alpha value is -4.79. The van der Waals surface area contributed by atoms with E-state index < -0.39 is 11.8 Å². The molecule has 4 N–H and O–H groups in total. The highest BCUT2D eigenvalue weighted by atomic mass is 35.5. The molecule has 9 heteroatoms. The number of thioether (sulfide) groups is 1. The Morgan fingerprint density at radius 1 is 0.884 bits per heavy atom. The van der Waals surface area contributed by atoms with Gasteiger partial charge in [0.25, 0.3) is 11.8 Å². The van der Waals surface area contributed by atoms with Gasteiger partial charge in [-0.15, -0.1) is 11.8 Å². The first-order chi connectivity index (χ1) is 20.8. The van der Waals surface area contributed by atoms with Gasteiger partial charge in [0.15, 0.2) is 0 Å². The van der Waals surface area contributed by atoms with E-state index in [0.29, 0.717) is 22.0 Å². The Morgan fingerprint density at radius 2 is 1.60 bits per heavy atom. The molecule has 7 nitrogen and oxygen atoms in total. The molecular weight excluding hydrogens is 580 g/mol. The molecule has 0 aliphatic heterocycles. The number of aromatic amines is 1. The van der Waals surface area contributed by atoms with Crippen molar-refractivity contribution >= 4 is 69.4 Å². The maximum Gasteiger partial charge on any atom is 0.272 e. The number of aromatic nitrogens is 1. The monoisotopic (exact) mass is 608 g/mol. The fraction of sp³-hybridized carbons (Fsp3) is 0.0882. The van der Waals surface area contributed by atoms with Crippen LogP contribution < -0.4 is 16.0 Å². The van der Waals surface area contributed by atoms with E-state index in [2.05, 4.69) is 20.9 Å². The third-order valence-electron chi connectivity index (χ3n) is 6.70. The van der Waals surface area contributed by atoms with Crippen molar-refractivity contribution in [1.82, 2.24) is 10.3 Å². The van der Waals surface area contributed by atoms with E-state index in [1.807, 2.05) is 62.4 Å². The molecule has 4 aromatic carbocycles. The third-order valence-corrected chi connectivity index (χ3v) is 8.05. The van der Waals surface area contributed by atoms with Gasteiger partial charge >= 0.3 is 0 Å². The van der Waals surface area contributed by atoms with Crippen molar-refractivity contribution in [3.05, 3.63) is 131 Å². The molecule has 0 saturated heterocycles. The van der Waals surface area contributed by atoms with E-state index in [-0.39, 0.29) is 16.9 Å². The van der Waals surface area contributed by atoms with E-state index in [1.54, 1.807) is 60.8 Å². The SMILES string of the molecule is Cc1ccc(Cl)cc1NC(=O)[C@@H](C)Sc1ccc(NC(=O)/C(=C/c2c[nH]c3ccccc23)NC(=O)c2ccccc2)cc1. The maximum absolute atomic E-state index is 13.4. The van der Waals surface area contributed by atoms with Gasteiger partial charge in [-0.05, 0) is 80.1 Å². The number of fused-ring (bicyclic) bond motifs is 1. The second kappa shape index (κ2) is 13.5. The molecule has 0 fully saturated rings. The topological polar surface area (TPSA) is 103 Å². The quantitative estimate of drug-likeness (QED) is 0.102. The van der Waals surface area contributed by atoms with Crippen molar-refractivity contribution in [2.75, 3.05) is 10.6 Å². The van der Waals surface area contributed by atoms with Gasteiger partial charge in [0.1, 0.15) is 5.70 Å². The van der Waals surface area contributed by atoms with Crippen LogP contribution in [0.25, 0.3) is 17.0 Å². The zero-order valence-electron chi connectivity index (χ0n) is 23.5. The summed E-state index contributed by atoms with van der Waals surface area (Å²) in [6.07, 6.45) is 3.45. The van der Waals surface area contributed by atoms with Crippen LogP contribution >= 0.6 is 23.4 Å². The number of anilines is 2. The molecule has 1 heterocycles. The Kier molecular flexibility index (Phi) is 9.29. The summed E-state index contributed by atoms with van der Waals surface area (Å²) in [7, 11) is 0. The number of halogens is 1. The summed E-state index contributed by atoms with van der Waals surface area (Å²) in [6.45, 7) is 3.73. The van der Waals surface area contributed by atoms with Crippen LogP contribution in [-0.2, 0) is 9.59 Å². The van der Waals surface area contributed by atoms with Crippen molar-refractivity contribution in [3.8, 4) is 0 Å². The normalized spacial score (nSPS) is 12.0. The number of hydrogen-bond donors (Lipinski definition) is 4. The zero-order chi connectivity index (χ0) is 30.3. The summed E-state index contributed by atoms with van der Waals surface area (Å²) in [5.74, 6) is -1.01. The number of H-pyrrole nitrogens is 1. The molecule has 216 valence electrons. The van der Waals surface area contributed by atoms with E-state index in [1.165, 1.54) is 11.8 Å². The molecule has 0 bridgehead atoms. The highest BCUT2D eigenvalue weighted by Crippen LogP contribution is 2.27. The molecule has 0 aliphatic carbocycles. The lowest BCUT2D eigenvalue weighted by molar-refractivity contribution is -0.115. The Morgan fingerprint density at radius 3 is 2.37 bits per heavy atom. The molecule has 5 rings (SSSR count). The van der Waals surface area contributed by atoms with E-state index in [4.69, 9.17) is 11.6 Å². The second-order valence-electron chi connectivity index (χ2n) is 9.85. The molecule has 1 atom stereocenters. The molecule has 0 aliphatic rings. The van der Waals surface area contributed by atoms with Gasteiger partial charge in [-0.1, -0.05) is 54.1 Å². The lowest BCUT2D eigenvalue weighted by Gasteiger charge is -2.14. The van der Waals surface area contributed by atoms with Crippen LogP contribution in [0.15, 0.2) is 114 Å². The standard InChI is InChI=1S/C34H29ClN4O3S/c1-21-12-13-25(35)19-30(21)38-32(40)22(2)43-27-16-14-26(15-17-27)37-34(42)31(39-33(41)23-8-4-3-5-9-23)18-24-20-36-29-11-7-6-10-28(24)29/h3-20,22,36H,1-2H3,(H,37,42)(H,38,40)(H,39,41)/b31-18-/t22-/m1/s1. The van der Waals surface area contributed by atoms with Crippen LogP contribution in [0.5, 0.6) is 0 Å². The molecule has 0 saturated carbocycles. The number of rotatable bonds is 9. The average Bonchev–Trinajstić information content (AvgIpc) is 3.42. The van der Waals surface area contributed by atoms with Gasteiger partial charge in [-0.2, -0.15) is 0 Å². The number of para-hydroxylation sites is 1.